The van der Waals surface area contributed by atoms with Crippen LogP contribution in [0.4, 0.5) is 37.3 Å². The molecule has 4 saturated heterocycles. The lowest BCUT2D eigenvalue weighted by Crippen LogP contribution is -2.59. The van der Waals surface area contributed by atoms with Gasteiger partial charge in [0.25, 0.3) is 6.43 Å². The lowest BCUT2D eigenvalue weighted by molar-refractivity contribution is -0.129. The van der Waals surface area contributed by atoms with E-state index < -0.39 is 6.43 Å². The molecular weight excluding hydrogens is 928 g/mol. The maximum Gasteiger partial charge on any atom is 0.264 e. The number of aryl methyl sites for hydroxylation is 2. The molecule has 0 unspecified atom stereocenters. The molecule has 12 rings (SSSR count). The number of fused-ring (bicyclic) bond motifs is 2. The van der Waals surface area contributed by atoms with Crippen molar-refractivity contribution in [3.8, 4) is 17.2 Å². The highest BCUT2D eigenvalue weighted by atomic mass is 35.5. The minimum absolute atomic E-state index is 0.0112. The Kier molecular flexibility index (Phi) is 12.3. The van der Waals surface area contributed by atoms with Crippen LogP contribution in [0.1, 0.15) is 118 Å². The molecule has 15 heteroatoms. The van der Waals surface area contributed by atoms with Crippen molar-refractivity contribution in [3.05, 3.63) is 100.0 Å². The number of aromatic nitrogens is 4. The van der Waals surface area contributed by atoms with Gasteiger partial charge < -0.3 is 29.4 Å². The predicted octanol–water partition coefficient (Wildman–Crippen LogP) is 10.7. The molecule has 0 radical (unpaired) electrons. The van der Waals surface area contributed by atoms with Gasteiger partial charge in [0.05, 0.1) is 29.4 Å². The molecule has 0 bridgehead atoms. The van der Waals surface area contributed by atoms with Gasteiger partial charge in [0.1, 0.15) is 6.07 Å². The van der Waals surface area contributed by atoms with E-state index in [2.05, 4.69) is 77.6 Å². The number of nitriles is 1. The summed E-state index contributed by atoms with van der Waals surface area (Å²) in [5.74, 6) is 0.877. The lowest BCUT2D eigenvalue weighted by Gasteiger charge is -2.55. The quantitative estimate of drug-likeness (QED) is 0.151. The molecule has 1 saturated carbocycles. The van der Waals surface area contributed by atoms with Crippen molar-refractivity contribution in [2.75, 3.05) is 78.5 Å². The van der Waals surface area contributed by atoms with Gasteiger partial charge in [0, 0.05) is 148 Å². The molecule has 8 heterocycles. The number of likely N-dealkylation sites (tertiary alicyclic amines) is 1. The Morgan fingerprint density at radius 3 is 2.22 bits per heavy atom. The van der Waals surface area contributed by atoms with Crippen LogP contribution in [0.2, 0.25) is 5.02 Å². The summed E-state index contributed by atoms with van der Waals surface area (Å²) in [6.07, 6.45) is 14.0. The van der Waals surface area contributed by atoms with E-state index in [0.717, 1.165) is 106 Å². The summed E-state index contributed by atoms with van der Waals surface area (Å²) in [5, 5.41) is 19.6. The van der Waals surface area contributed by atoms with E-state index in [4.69, 9.17) is 16.7 Å². The van der Waals surface area contributed by atoms with Gasteiger partial charge in [-0.2, -0.15) is 15.5 Å². The van der Waals surface area contributed by atoms with Gasteiger partial charge >= 0.3 is 0 Å². The SMILES string of the molecule is CC(=O)N1CCc2c(c(N3CCCc4cc(-c5cnn(C)c5)c(C(F)F)cc43)nn2C2CCN(C3CCC4(CC3)CN(c3ccc(N5CCC6(CC5)C[C@H](C)N(c5ccc(C#N)c(Cl)c5)C6)cc3)C4)CC2)C1. The minimum atomic E-state index is -2.64. The third-order valence-corrected chi connectivity index (χ3v) is 18.7. The van der Waals surface area contributed by atoms with Crippen molar-refractivity contribution < 1.29 is 13.6 Å². The van der Waals surface area contributed by atoms with Crippen molar-refractivity contribution in [2.24, 2.45) is 17.9 Å². The largest absolute Gasteiger partial charge is 0.371 e. The average molecular weight is 997 g/mol. The summed E-state index contributed by atoms with van der Waals surface area (Å²) < 4.78 is 33.6. The number of nitrogens with zero attached hydrogens (tertiary/aromatic N) is 11. The fraction of sp³-hybridized carbons (Fsp3) is 0.544. The number of benzene rings is 3. The van der Waals surface area contributed by atoms with Crippen molar-refractivity contribution >= 4 is 46.1 Å². The number of piperidine rings is 2. The first-order valence-corrected chi connectivity index (χ1v) is 27.1. The van der Waals surface area contributed by atoms with Gasteiger partial charge in [-0.25, -0.2) is 8.78 Å². The highest BCUT2D eigenvalue weighted by Crippen LogP contribution is 2.50. The molecule has 7 aliphatic rings. The molecule has 12 nitrogen and oxygen atoms in total. The van der Waals surface area contributed by atoms with Crippen LogP contribution in [-0.2, 0) is 31.2 Å². The molecule has 378 valence electrons. The van der Waals surface area contributed by atoms with Crippen LogP contribution >= 0.6 is 11.6 Å². The van der Waals surface area contributed by atoms with Crippen LogP contribution in [0.5, 0.6) is 0 Å². The Bertz CT molecular complexity index is 2880. The summed E-state index contributed by atoms with van der Waals surface area (Å²) in [5.41, 5.74) is 10.4. The highest BCUT2D eigenvalue weighted by Gasteiger charge is 2.47. The molecule has 5 fully saturated rings. The minimum Gasteiger partial charge on any atom is -0.371 e. The molecule has 72 heavy (non-hydrogen) atoms. The summed E-state index contributed by atoms with van der Waals surface area (Å²) >= 11 is 6.44. The van der Waals surface area contributed by atoms with Gasteiger partial charge in [-0.05, 0) is 149 Å². The Morgan fingerprint density at radius 1 is 0.833 bits per heavy atom. The summed E-state index contributed by atoms with van der Waals surface area (Å²) in [4.78, 5) is 27.3. The normalized spacial score (nSPS) is 22.4. The molecule has 3 aromatic carbocycles. The zero-order chi connectivity index (χ0) is 49.5. The molecule has 2 aromatic heterocycles. The molecule has 1 aliphatic carbocycles. The molecule has 2 spiro atoms. The van der Waals surface area contributed by atoms with Crippen molar-refractivity contribution in [1.82, 2.24) is 29.4 Å². The molecule has 5 aromatic rings. The average Bonchev–Trinajstić information content (AvgIpc) is 4.09. The van der Waals surface area contributed by atoms with E-state index in [0.29, 0.717) is 64.3 Å². The van der Waals surface area contributed by atoms with Crippen LogP contribution < -0.4 is 19.6 Å². The van der Waals surface area contributed by atoms with E-state index in [1.165, 1.54) is 62.0 Å². The van der Waals surface area contributed by atoms with Crippen molar-refractivity contribution in [1.29, 1.82) is 5.26 Å². The van der Waals surface area contributed by atoms with Gasteiger partial charge in [0.2, 0.25) is 5.91 Å². The Hall–Kier alpha value is -5.65. The lowest BCUT2D eigenvalue weighted by atomic mass is 9.67. The zero-order valence-corrected chi connectivity index (χ0v) is 42.9. The van der Waals surface area contributed by atoms with Crippen LogP contribution in [0.3, 0.4) is 0 Å². The Morgan fingerprint density at radius 2 is 1.56 bits per heavy atom. The smallest absolute Gasteiger partial charge is 0.264 e. The summed E-state index contributed by atoms with van der Waals surface area (Å²) in [7, 11) is 1.81. The summed E-state index contributed by atoms with van der Waals surface area (Å²) in [6.45, 7) is 13.4. The number of amides is 1. The second-order valence-electron chi connectivity index (χ2n) is 22.7. The maximum atomic E-state index is 14.8. The maximum absolute atomic E-state index is 14.8. The van der Waals surface area contributed by atoms with Crippen LogP contribution in [0.15, 0.2) is 67.0 Å². The monoisotopic (exact) mass is 996 g/mol. The number of anilines is 5. The Labute approximate surface area is 428 Å². The highest BCUT2D eigenvalue weighted by molar-refractivity contribution is 6.32. The number of hydrogen-bond acceptors (Lipinski definition) is 9. The van der Waals surface area contributed by atoms with E-state index in [1.807, 2.05) is 23.1 Å². The Balaban J connectivity index is 0.652. The van der Waals surface area contributed by atoms with Gasteiger partial charge in [0.15, 0.2) is 5.82 Å². The number of rotatable bonds is 8. The molecular formula is C57H68ClF2N11O. The van der Waals surface area contributed by atoms with E-state index >= 15 is 0 Å². The van der Waals surface area contributed by atoms with Crippen molar-refractivity contribution in [2.45, 2.75) is 122 Å². The van der Waals surface area contributed by atoms with Crippen LogP contribution in [-0.4, -0.2) is 106 Å². The topological polar surface area (TPSA) is 95.9 Å². The van der Waals surface area contributed by atoms with Crippen LogP contribution in [0, 0.1) is 22.2 Å². The molecule has 6 aliphatic heterocycles. The molecule has 0 N–H and O–H groups in total. The fourth-order valence-electron chi connectivity index (χ4n) is 14.3. The third-order valence-electron chi connectivity index (χ3n) is 18.4. The third kappa shape index (κ3) is 8.59. The zero-order valence-electron chi connectivity index (χ0n) is 42.2. The number of carbonyl (C=O) groups is 1. The first-order chi connectivity index (χ1) is 34.8. The summed E-state index contributed by atoms with van der Waals surface area (Å²) in [6, 6.07) is 22.4. The van der Waals surface area contributed by atoms with E-state index in [9.17, 15) is 18.8 Å². The fourth-order valence-corrected chi connectivity index (χ4v) is 14.5. The predicted molar refractivity (Wildman–Crippen MR) is 281 cm³/mol. The second kappa shape index (κ2) is 18.7. The first-order valence-electron chi connectivity index (χ1n) is 26.7. The standard InChI is InChI=1S/C57H68ClF2N11O/c1-38-30-56(37-70(38)47-7-6-41(31-61)51(58)28-47)19-25-66(26-20-56)43-8-10-44(11-9-43)68-35-57(36-68)17-12-45(13-18-57)65-22-14-46(15-23-65)71-52-16-24-67(39(2)72)34-50(52)55(63-71)69-21-4-5-40-27-48(42-32-62-64(3)33-42)49(54(59)60)29-53(40)69/h6-11,27-29,32-33,38,45-46,54H,4-5,12-26,30,34-37H2,1-3H3/t38-/m0/s1. The van der Waals surface area contributed by atoms with Crippen molar-refractivity contribution in [3.63, 3.8) is 0 Å². The number of alkyl halides is 2. The van der Waals surface area contributed by atoms with Crippen LogP contribution in [0.25, 0.3) is 11.1 Å². The number of carbonyl (C=O) groups excluding carboxylic acids is 1. The van der Waals surface area contributed by atoms with Gasteiger partial charge in [-0.15, -0.1) is 0 Å². The molecule has 1 amide bonds. The first kappa shape index (κ1) is 47.4. The van der Waals surface area contributed by atoms with Gasteiger partial charge in [-0.3, -0.25) is 14.2 Å². The van der Waals surface area contributed by atoms with E-state index in [-0.39, 0.29) is 17.5 Å². The van der Waals surface area contributed by atoms with E-state index in [1.54, 1.807) is 37.1 Å². The second-order valence-corrected chi connectivity index (χ2v) is 23.1. The molecule has 1 atom stereocenters. The number of halogens is 3. The number of hydrogen-bond donors (Lipinski definition) is 0. The van der Waals surface area contributed by atoms with Gasteiger partial charge in [-0.1, -0.05) is 11.6 Å².